The fraction of sp³-hybridized carbons (Fsp3) is 0.417. The molecule has 0 radical (unpaired) electrons. The van der Waals surface area contributed by atoms with Crippen LogP contribution in [0.15, 0.2) is 48.5 Å². The van der Waals surface area contributed by atoms with E-state index in [0.29, 0.717) is 11.1 Å². The minimum absolute atomic E-state index is 0.0329. The van der Waals surface area contributed by atoms with Gasteiger partial charge in [0.25, 0.3) is 11.8 Å². The van der Waals surface area contributed by atoms with Crippen molar-refractivity contribution in [3.8, 4) is 0 Å². The summed E-state index contributed by atoms with van der Waals surface area (Å²) < 4.78 is 0. The average Bonchev–Trinajstić information content (AvgIpc) is 2.73. The number of nitrogens with one attached hydrogen (secondary N) is 1. The number of anilines is 1. The van der Waals surface area contributed by atoms with E-state index in [0.717, 1.165) is 38.4 Å². The molecule has 1 N–H and O–H groups in total. The maximum absolute atomic E-state index is 12.7. The third kappa shape index (κ3) is 5.24. The monoisotopic (exact) mass is 393 g/mol. The predicted molar refractivity (Wildman–Crippen MR) is 118 cm³/mol. The molecule has 2 amide bonds. The Morgan fingerprint density at radius 1 is 0.862 bits per heavy atom. The van der Waals surface area contributed by atoms with Crippen LogP contribution in [0.1, 0.15) is 54.0 Å². The minimum atomic E-state index is -0.177. The van der Waals surface area contributed by atoms with Gasteiger partial charge in [-0.05, 0) is 53.9 Å². The van der Waals surface area contributed by atoms with E-state index < -0.39 is 0 Å². The van der Waals surface area contributed by atoms with Gasteiger partial charge in [-0.15, -0.1) is 0 Å². The lowest BCUT2D eigenvalue weighted by atomic mass is 9.87. The highest BCUT2D eigenvalue weighted by molar-refractivity contribution is 6.05. The zero-order valence-electron chi connectivity index (χ0n) is 17.9. The predicted octanol–water partition coefficient (Wildman–Crippen LogP) is 4.01. The van der Waals surface area contributed by atoms with Gasteiger partial charge in [0, 0.05) is 43.0 Å². The van der Waals surface area contributed by atoms with Gasteiger partial charge in [0.15, 0.2) is 0 Å². The van der Waals surface area contributed by atoms with Crippen molar-refractivity contribution in [3.63, 3.8) is 0 Å². The van der Waals surface area contributed by atoms with Crippen LogP contribution >= 0.6 is 0 Å². The summed E-state index contributed by atoms with van der Waals surface area (Å²) in [5.41, 5.74) is 3.22. The lowest BCUT2D eigenvalue weighted by Gasteiger charge is -2.34. The molecular weight excluding hydrogens is 362 g/mol. The first kappa shape index (κ1) is 21.1. The van der Waals surface area contributed by atoms with Gasteiger partial charge in [-0.3, -0.25) is 9.59 Å². The number of amides is 2. The molecule has 1 aliphatic heterocycles. The van der Waals surface area contributed by atoms with Crippen LogP contribution in [-0.4, -0.2) is 54.3 Å². The number of benzene rings is 2. The normalized spacial score (nSPS) is 15.2. The topological polar surface area (TPSA) is 52.7 Å². The summed E-state index contributed by atoms with van der Waals surface area (Å²) in [6.45, 7) is 13.0. The fourth-order valence-electron chi connectivity index (χ4n) is 3.47. The molecule has 1 aliphatic rings. The molecule has 1 fully saturated rings. The van der Waals surface area contributed by atoms with E-state index in [1.807, 2.05) is 29.2 Å². The van der Waals surface area contributed by atoms with Crippen LogP contribution < -0.4 is 5.32 Å². The van der Waals surface area contributed by atoms with Gasteiger partial charge in [0.05, 0.1) is 0 Å². The Labute approximate surface area is 173 Å². The fourth-order valence-corrected chi connectivity index (χ4v) is 3.47. The van der Waals surface area contributed by atoms with E-state index in [-0.39, 0.29) is 17.2 Å². The van der Waals surface area contributed by atoms with Gasteiger partial charge in [-0.1, -0.05) is 39.8 Å². The summed E-state index contributed by atoms with van der Waals surface area (Å²) >= 11 is 0. The molecule has 0 spiro atoms. The van der Waals surface area contributed by atoms with E-state index in [1.165, 1.54) is 5.56 Å². The number of piperazine rings is 1. The zero-order chi connectivity index (χ0) is 21.0. The van der Waals surface area contributed by atoms with Crippen LogP contribution in [0.4, 0.5) is 5.69 Å². The molecule has 0 atom stereocenters. The zero-order valence-corrected chi connectivity index (χ0v) is 17.9. The molecule has 0 saturated carbocycles. The van der Waals surface area contributed by atoms with E-state index in [2.05, 4.69) is 37.9 Å². The highest BCUT2D eigenvalue weighted by Gasteiger charge is 2.21. The number of rotatable bonds is 4. The highest BCUT2D eigenvalue weighted by atomic mass is 16.2. The molecule has 0 bridgehead atoms. The highest BCUT2D eigenvalue weighted by Crippen LogP contribution is 2.23. The van der Waals surface area contributed by atoms with Crippen molar-refractivity contribution in [2.45, 2.75) is 33.1 Å². The molecule has 0 aromatic heterocycles. The SMILES string of the molecule is CCN1CCN(C(=O)c2ccc(C(=O)Nc3ccc(C(C)(C)C)cc3)cc2)CC1. The molecule has 3 rings (SSSR count). The first-order chi connectivity index (χ1) is 13.8. The van der Waals surface area contributed by atoms with Gasteiger partial charge in [-0.25, -0.2) is 0 Å². The Morgan fingerprint density at radius 3 is 1.93 bits per heavy atom. The molecule has 2 aromatic carbocycles. The third-order valence-corrected chi connectivity index (χ3v) is 5.51. The number of likely N-dealkylation sites (N-methyl/N-ethyl adjacent to an activating group) is 1. The molecule has 1 saturated heterocycles. The van der Waals surface area contributed by atoms with Crippen LogP contribution in [0.2, 0.25) is 0 Å². The molecular formula is C24H31N3O2. The van der Waals surface area contributed by atoms with Crippen LogP contribution in [0.5, 0.6) is 0 Å². The van der Waals surface area contributed by atoms with Crippen molar-refractivity contribution >= 4 is 17.5 Å². The molecule has 2 aromatic rings. The Kier molecular flexibility index (Phi) is 6.38. The number of hydrogen-bond acceptors (Lipinski definition) is 3. The minimum Gasteiger partial charge on any atom is -0.336 e. The van der Waals surface area contributed by atoms with Gasteiger partial charge < -0.3 is 15.1 Å². The molecule has 29 heavy (non-hydrogen) atoms. The van der Waals surface area contributed by atoms with Crippen LogP contribution in [0.3, 0.4) is 0 Å². The van der Waals surface area contributed by atoms with Gasteiger partial charge in [0.2, 0.25) is 0 Å². The van der Waals surface area contributed by atoms with Crippen LogP contribution in [0, 0.1) is 0 Å². The smallest absolute Gasteiger partial charge is 0.255 e. The van der Waals surface area contributed by atoms with E-state index in [9.17, 15) is 9.59 Å². The van der Waals surface area contributed by atoms with Crippen molar-refractivity contribution in [3.05, 3.63) is 65.2 Å². The third-order valence-electron chi connectivity index (χ3n) is 5.51. The molecule has 0 unspecified atom stereocenters. The van der Waals surface area contributed by atoms with Crippen molar-refractivity contribution in [2.24, 2.45) is 0 Å². The van der Waals surface area contributed by atoms with Gasteiger partial charge >= 0.3 is 0 Å². The molecule has 5 nitrogen and oxygen atoms in total. The first-order valence-corrected chi connectivity index (χ1v) is 10.3. The summed E-state index contributed by atoms with van der Waals surface area (Å²) in [6.07, 6.45) is 0. The Bertz CT molecular complexity index is 843. The number of hydrogen-bond donors (Lipinski definition) is 1. The summed E-state index contributed by atoms with van der Waals surface area (Å²) in [5.74, 6) is -0.144. The Morgan fingerprint density at radius 2 is 1.41 bits per heavy atom. The first-order valence-electron chi connectivity index (χ1n) is 10.3. The standard InChI is InChI=1S/C24H31N3O2/c1-5-26-14-16-27(17-15-26)23(29)19-8-6-18(7-9-19)22(28)25-21-12-10-20(11-13-21)24(2,3)4/h6-13H,5,14-17H2,1-4H3,(H,25,28). The number of nitrogens with zero attached hydrogens (tertiary/aromatic N) is 2. The maximum atomic E-state index is 12.7. The van der Waals surface area contributed by atoms with E-state index >= 15 is 0 Å². The summed E-state index contributed by atoms with van der Waals surface area (Å²) in [5, 5.41) is 2.92. The summed E-state index contributed by atoms with van der Waals surface area (Å²) in [6, 6.07) is 14.8. The van der Waals surface area contributed by atoms with Gasteiger partial charge in [0.1, 0.15) is 0 Å². The van der Waals surface area contributed by atoms with Crippen LogP contribution in [0.25, 0.3) is 0 Å². The van der Waals surface area contributed by atoms with Crippen molar-refractivity contribution in [1.29, 1.82) is 0 Å². The Hall–Kier alpha value is -2.66. The van der Waals surface area contributed by atoms with Crippen molar-refractivity contribution in [1.82, 2.24) is 9.80 Å². The number of carbonyl (C=O) groups excluding carboxylic acids is 2. The molecule has 1 heterocycles. The van der Waals surface area contributed by atoms with Crippen LogP contribution in [-0.2, 0) is 5.41 Å². The van der Waals surface area contributed by atoms with E-state index in [4.69, 9.17) is 0 Å². The summed E-state index contributed by atoms with van der Waals surface area (Å²) in [7, 11) is 0. The summed E-state index contributed by atoms with van der Waals surface area (Å²) in [4.78, 5) is 29.4. The second kappa shape index (κ2) is 8.78. The largest absolute Gasteiger partial charge is 0.336 e. The van der Waals surface area contributed by atoms with Crippen molar-refractivity contribution < 1.29 is 9.59 Å². The molecule has 5 heteroatoms. The van der Waals surface area contributed by atoms with Crippen molar-refractivity contribution in [2.75, 3.05) is 38.0 Å². The second-order valence-corrected chi connectivity index (χ2v) is 8.59. The number of carbonyl (C=O) groups is 2. The quantitative estimate of drug-likeness (QED) is 0.854. The van der Waals surface area contributed by atoms with E-state index in [1.54, 1.807) is 24.3 Å². The second-order valence-electron chi connectivity index (χ2n) is 8.59. The average molecular weight is 394 g/mol. The lowest BCUT2D eigenvalue weighted by molar-refractivity contribution is 0.0643. The molecule has 0 aliphatic carbocycles. The van der Waals surface area contributed by atoms with Gasteiger partial charge in [-0.2, -0.15) is 0 Å². The Balaban J connectivity index is 1.61. The molecule has 154 valence electrons. The maximum Gasteiger partial charge on any atom is 0.255 e. The lowest BCUT2D eigenvalue weighted by Crippen LogP contribution is -2.48.